The van der Waals surface area contributed by atoms with Crippen LogP contribution in [0.1, 0.15) is 29.9 Å². The molecule has 8 nitrogen and oxygen atoms in total. The van der Waals surface area contributed by atoms with E-state index in [1.165, 1.54) is 0 Å². The Labute approximate surface area is 192 Å². The predicted molar refractivity (Wildman–Crippen MR) is 123 cm³/mol. The van der Waals surface area contributed by atoms with Crippen molar-refractivity contribution in [3.05, 3.63) is 59.7 Å². The molecule has 0 spiro atoms. The van der Waals surface area contributed by atoms with Crippen LogP contribution in [0.15, 0.2) is 48.5 Å². The Hall–Kier alpha value is -3.39. The fourth-order valence-corrected chi connectivity index (χ4v) is 4.70. The summed E-state index contributed by atoms with van der Waals surface area (Å²) in [6.07, 6.45) is -0.498. The highest BCUT2D eigenvalue weighted by molar-refractivity contribution is 5.89. The lowest BCUT2D eigenvalue weighted by atomic mass is 9.97. The summed E-state index contributed by atoms with van der Waals surface area (Å²) in [5.74, 6) is -1.27. The summed E-state index contributed by atoms with van der Waals surface area (Å²) in [6.45, 7) is 2.52. The van der Waals surface area contributed by atoms with E-state index in [-0.39, 0.29) is 12.5 Å². The van der Waals surface area contributed by atoms with E-state index >= 15 is 0 Å². The Kier molecular flexibility index (Phi) is 6.93. The predicted octanol–water partition coefficient (Wildman–Crippen LogP) is 2.44. The zero-order chi connectivity index (χ0) is 23.4. The molecular weight excluding hydrogens is 422 g/mol. The Morgan fingerprint density at radius 3 is 2.24 bits per heavy atom. The van der Waals surface area contributed by atoms with Crippen molar-refractivity contribution in [2.45, 2.75) is 24.8 Å². The maximum Gasteiger partial charge on any atom is 0.407 e. The van der Waals surface area contributed by atoms with Crippen molar-refractivity contribution in [1.82, 2.24) is 15.5 Å². The van der Waals surface area contributed by atoms with Gasteiger partial charge in [0.1, 0.15) is 12.6 Å². The number of nitrogens with zero attached hydrogens (tertiary/aromatic N) is 1. The standard InChI is InChI=1S/C25H29N3O5/c1-28-13-16(14-28)10-11-26-24(31)22(12-23(29)30)27-25(32)33-15-21-19-8-4-2-6-17(19)18-7-3-5-9-20(18)21/h2-9,16,21-22H,10-15H2,1H3,(H,26,31)(H,27,32)(H,29,30). The fourth-order valence-electron chi connectivity index (χ4n) is 4.70. The summed E-state index contributed by atoms with van der Waals surface area (Å²) >= 11 is 0. The number of carboxylic acid groups (broad SMARTS) is 1. The lowest BCUT2D eigenvalue weighted by Gasteiger charge is -2.36. The third kappa shape index (κ3) is 5.34. The molecule has 0 aromatic heterocycles. The Bertz CT molecular complexity index is 989. The third-order valence-electron chi connectivity index (χ3n) is 6.32. The molecule has 2 amide bonds. The summed E-state index contributed by atoms with van der Waals surface area (Å²) in [6, 6.07) is 14.8. The molecule has 1 atom stereocenters. The highest BCUT2D eigenvalue weighted by Gasteiger charge is 2.30. The van der Waals surface area contributed by atoms with Crippen LogP contribution in [-0.2, 0) is 14.3 Å². The molecule has 174 valence electrons. The van der Waals surface area contributed by atoms with Gasteiger partial charge in [0.2, 0.25) is 5.91 Å². The largest absolute Gasteiger partial charge is 0.481 e. The highest BCUT2D eigenvalue weighted by Crippen LogP contribution is 2.44. The number of ether oxygens (including phenoxy) is 1. The fraction of sp³-hybridized carbons (Fsp3) is 0.400. The van der Waals surface area contributed by atoms with Crippen LogP contribution < -0.4 is 10.6 Å². The number of carbonyl (C=O) groups is 3. The zero-order valence-electron chi connectivity index (χ0n) is 18.6. The molecule has 2 aromatic rings. The number of rotatable bonds is 9. The van der Waals surface area contributed by atoms with E-state index in [0.29, 0.717) is 12.5 Å². The molecule has 4 rings (SSSR count). The minimum Gasteiger partial charge on any atom is -0.481 e. The van der Waals surface area contributed by atoms with Crippen LogP contribution >= 0.6 is 0 Å². The van der Waals surface area contributed by atoms with E-state index in [4.69, 9.17) is 4.74 Å². The first-order valence-corrected chi connectivity index (χ1v) is 11.2. The molecule has 0 bridgehead atoms. The molecule has 2 aliphatic rings. The van der Waals surface area contributed by atoms with Gasteiger partial charge in [0, 0.05) is 25.6 Å². The molecule has 1 saturated heterocycles. The Morgan fingerprint density at radius 2 is 1.67 bits per heavy atom. The van der Waals surface area contributed by atoms with Crippen LogP contribution in [0.25, 0.3) is 11.1 Å². The Balaban J connectivity index is 1.33. The average Bonchev–Trinajstić information content (AvgIpc) is 3.09. The van der Waals surface area contributed by atoms with Crippen LogP contribution in [0.4, 0.5) is 4.79 Å². The van der Waals surface area contributed by atoms with Crippen LogP contribution in [-0.4, -0.2) is 67.3 Å². The van der Waals surface area contributed by atoms with E-state index in [9.17, 15) is 19.5 Å². The molecular formula is C25H29N3O5. The van der Waals surface area contributed by atoms with E-state index in [2.05, 4.69) is 15.5 Å². The second-order valence-corrected chi connectivity index (χ2v) is 8.79. The number of likely N-dealkylation sites (tertiary alicyclic amines) is 1. The number of nitrogens with one attached hydrogen (secondary N) is 2. The lowest BCUT2D eigenvalue weighted by molar-refractivity contribution is -0.139. The molecule has 0 radical (unpaired) electrons. The van der Waals surface area contributed by atoms with Gasteiger partial charge in [0.15, 0.2) is 0 Å². The van der Waals surface area contributed by atoms with Crippen LogP contribution in [0.5, 0.6) is 0 Å². The smallest absolute Gasteiger partial charge is 0.407 e. The number of hydrogen-bond donors (Lipinski definition) is 3. The van der Waals surface area contributed by atoms with Gasteiger partial charge < -0.3 is 25.4 Å². The van der Waals surface area contributed by atoms with E-state index in [1.807, 2.05) is 55.6 Å². The van der Waals surface area contributed by atoms with Gasteiger partial charge in [-0.15, -0.1) is 0 Å². The number of amides is 2. The first kappa shape index (κ1) is 22.8. The van der Waals surface area contributed by atoms with Gasteiger partial charge in [-0.2, -0.15) is 0 Å². The maximum atomic E-state index is 12.5. The van der Waals surface area contributed by atoms with Crippen molar-refractivity contribution < 1.29 is 24.2 Å². The van der Waals surface area contributed by atoms with E-state index < -0.39 is 30.4 Å². The van der Waals surface area contributed by atoms with Gasteiger partial charge in [0.25, 0.3) is 0 Å². The molecule has 1 aliphatic heterocycles. The minimum atomic E-state index is -1.19. The van der Waals surface area contributed by atoms with Crippen LogP contribution in [0.3, 0.4) is 0 Å². The van der Waals surface area contributed by atoms with Gasteiger partial charge >= 0.3 is 12.1 Å². The van der Waals surface area contributed by atoms with Crippen molar-refractivity contribution in [2.24, 2.45) is 5.92 Å². The van der Waals surface area contributed by atoms with Gasteiger partial charge in [0.05, 0.1) is 6.42 Å². The van der Waals surface area contributed by atoms with Crippen molar-refractivity contribution >= 4 is 18.0 Å². The van der Waals surface area contributed by atoms with E-state index in [1.54, 1.807) is 0 Å². The molecule has 2 aromatic carbocycles. The second-order valence-electron chi connectivity index (χ2n) is 8.79. The molecule has 3 N–H and O–H groups in total. The van der Waals surface area contributed by atoms with Gasteiger partial charge in [-0.1, -0.05) is 48.5 Å². The summed E-state index contributed by atoms with van der Waals surface area (Å²) in [5.41, 5.74) is 4.38. The number of hydrogen-bond acceptors (Lipinski definition) is 5. The third-order valence-corrected chi connectivity index (χ3v) is 6.32. The number of fused-ring (bicyclic) bond motifs is 3. The number of carbonyl (C=O) groups excluding carboxylic acids is 2. The van der Waals surface area contributed by atoms with Crippen molar-refractivity contribution in [1.29, 1.82) is 0 Å². The summed E-state index contributed by atoms with van der Waals surface area (Å²) < 4.78 is 5.45. The number of alkyl carbamates (subject to hydrolysis) is 1. The topological polar surface area (TPSA) is 108 Å². The molecule has 1 aliphatic carbocycles. The first-order valence-electron chi connectivity index (χ1n) is 11.2. The van der Waals surface area contributed by atoms with Crippen LogP contribution in [0.2, 0.25) is 0 Å². The average molecular weight is 452 g/mol. The monoisotopic (exact) mass is 451 g/mol. The maximum absolute atomic E-state index is 12.5. The minimum absolute atomic E-state index is 0.0937. The van der Waals surface area contributed by atoms with Crippen LogP contribution in [0, 0.1) is 5.92 Å². The second kappa shape index (κ2) is 10.0. The normalized spacial score (nSPS) is 16.3. The number of carboxylic acids is 1. The molecule has 0 saturated carbocycles. The zero-order valence-corrected chi connectivity index (χ0v) is 18.6. The first-order chi connectivity index (χ1) is 15.9. The molecule has 8 heteroatoms. The summed E-state index contributed by atoms with van der Waals surface area (Å²) in [7, 11) is 2.04. The number of aliphatic carboxylic acids is 1. The van der Waals surface area contributed by atoms with Gasteiger partial charge in [-0.05, 0) is 41.6 Å². The highest BCUT2D eigenvalue weighted by atomic mass is 16.5. The molecule has 1 unspecified atom stereocenters. The lowest BCUT2D eigenvalue weighted by Crippen LogP contribution is -2.49. The quantitative estimate of drug-likeness (QED) is 0.541. The molecule has 1 heterocycles. The van der Waals surface area contributed by atoms with Gasteiger partial charge in [-0.25, -0.2) is 4.79 Å². The Morgan fingerprint density at radius 1 is 1.06 bits per heavy atom. The molecule has 1 fully saturated rings. The molecule has 33 heavy (non-hydrogen) atoms. The SMILES string of the molecule is CN1CC(CCNC(=O)C(CC(=O)O)NC(=O)OCC2c3ccccc3-c3ccccc32)C1. The van der Waals surface area contributed by atoms with Crippen molar-refractivity contribution in [3.8, 4) is 11.1 Å². The number of benzene rings is 2. The van der Waals surface area contributed by atoms with Gasteiger partial charge in [-0.3, -0.25) is 9.59 Å². The van der Waals surface area contributed by atoms with E-state index in [0.717, 1.165) is 41.8 Å². The summed E-state index contributed by atoms with van der Waals surface area (Å²) in [5, 5.41) is 14.3. The summed E-state index contributed by atoms with van der Waals surface area (Å²) in [4.78, 5) is 38.4. The van der Waals surface area contributed by atoms with Crippen molar-refractivity contribution in [3.63, 3.8) is 0 Å². The van der Waals surface area contributed by atoms with Crippen molar-refractivity contribution in [2.75, 3.05) is 33.3 Å².